The predicted molar refractivity (Wildman–Crippen MR) is 58.7 cm³/mol. The molecule has 0 bridgehead atoms. The van der Waals surface area contributed by atoms with Gasteiger partial charge >= 0.3 is 0 Å². The van der Waals surface area contributed by atoms with E-state index in [2.05, 4.69) is 5.32 Å². The van der Waals surface area contributed by atoms with Crippen LogP contribution in [0.25, 0.3) is 0 Å². The number of nitrogens with zero attached hydrogens (tertiary/aromatic N) is 1. The maximum Gasteiger partial charge on any atom is 0.182 e. The van der Waals surface area contributed by atoms with Crippen molar-refractivity contribution in [3.8, 4) is 0 Å². The van der Waals surface area contributed by atoms with Crippen molar-refractivity contribution in [3.05, 3.63) is 29.3 Å². The van der Waals surface area contributed by atoms with E-state index in [1.165, 1.54) is 6.07 Å². The smallest absolute Gasteiger partial charge is 0.182 e. The minimum absolute atomic E-state index is 0.219. The number of benzene rings is 1. The van der Waals surface area contributed by atoms with E-state index in [1.54, 1.807) is 6.07 Å². The fourth-order valence-electron chi connectivity index (χ4n) is 2.87. The topological polar surface area (TPSA) is 15.3 Å². The van der Waals surface area contributed by atoms with Crippen molar-refractivity contribution in [2.45, 2.75) is 25.4 Å². The molecule has 3 rings (SSSR count). The van der Waals surface area contributed by atoms with Crippen LogP contribution in [0.2, 0.25) is 0 Å². The highest BCUT2D eigenvalue weighted by Crippen LogP contribution is 2.37. The normalized spacial score (nSPS) is 27.8. The van der Waals surface area contributed by atoms with Crippen molar-refractivity contribution >= 4 is 5.69 Å². The molecule has 16 heavy (non-hydrogen) atoms. The van der Waals surface area contributed by atoms with Crippen LogP contribution in [-0.2, 0) is 6.42 Å². The fourth-order valence-corrected chi connectivity index (χ4v) is 2.87. The van der Waals surface area contributed by atoms with Gasteiger partial charge in [-0.05, 0) is 25.0 Å². The fraction of sp³-hybridized carbons (Fsp3) is 0.500. The van der Waals surface area contributed by atoms with Gasteiger partial charge in [-0.25, -0.2) is 8.78 Å². The van der Waals surface area contributed by atoms with Crippen LogP contribution in [0, 0.1) is 11.6 Å². The van der Waals surface area contributed by atoms with Gasteiger partial charge in [0, 0.05) is 25.2 Å². The molecule has 2 atom stereocenters. The highest BCUT2D eigenvalue weighted by atomic mass is 19.2. The predicted octanol–water partition coefficient (Wildman–Crippen LogP) is 1.69. The molecule has 2 heterocycles. The maximum atomic E-state index is 13.8. The number of hydrogen-bond donors (Lipinski definition) is 1. The lowest BCUT2D eigenvalue weighted by atomic mass is 10.1. The van der Waals surface area contributed by atoms with Crippen LogP contribution in [0.5, 0.6) is 0 Å². The van der Waals surface area contributed by atoms with Gasteiger partial charge in [-0.1, -0.05) is 6.07 Å². The maximum absolute atomic E-state index is 13.8. The summed E-state index contributed by atoms with van der Waals surface area (Å²) < 4.78 is 27.1. The Hall–Kier alpha value is -1.16. The van der Waals surface area contributed by atoms with Crippen LogP contribution in [0.1, 0.15) is 12.5 Å². The third-order valence-corrected chi connectivity index (χ3v) is 3.55. The van der Waals surface area contributed by atoms with Gasteiger partial charge in [0.2, 0.25) is 0 Å². The summed E-state index contributed by atoms with van der Waals surface area (Å²) in [5.41, 5.74) is 1.42. The van der Waals surface area contributed by atoms with Crippen molar-refractivity contribution in [1.29, 1.82) is 0 Å². The SMILES string of the molecule is CC1CNCC2Cc3ccc(F)c(F)c3N12. The van der Waals surface area contributed by atoms with Gasteiger partial charge in [0.1, 0.15) is 0 Å². The summed E-state index contributed by atoms with van der Waals surface area (Å²) in [6.07, 6.45) is 0.809. The van der Waals surface area contributed by atoms with E-state index in [1.807, 2.05) is 11.8 Å². The van der Waals surface area contributed by atoms with E-state index in [0.29, 0.717) is 5.69 Å². The van der Waals surface area contributed by atoms with Crippen LogP contribution < -0.4 is 10.2 Å². The quantitative estimate of drug-likeness (QED) is 0.721. The van der Waals surface area contributed by atoms with Crippen LogP contribution in [-0.4, -0.2) is 25.2 Å². The number of nitrogens with one attached hydrogen (secondary N) is 1. The zero-order chi connectivity index (χ0) is 11.3. The number of halogens is 2. The molecule has 2 unspecified atom stereocenters. The van der Waals surface area contributed by atoms with Gasteiger partial charge in [0.15, 0.2) is 11.6 Å². The minimum Gasteiger partial charge on any atom is -0.360 e. The Bertz CT molecular complexity index is 433. The lowest BCUT2D eigenvalue weighted by molar-refractivity contribution is 0.422. The Balaban J connectivity index is 2.11. The van der Waals surface area contributed by atoms with E-state index < -0.39 is 11.6 Å². The second kappa shape index (κ2) is 3.42. The van der Waals surface area contributed by atoms with Crippen molar-refractivity contribution in [3.63, 3.8) is 0 Å². The molecule has 1 saturated heterocycles. The summed E-state index contributed by atoms with van der Waals surface area (Å²) in [6, 6.07) is 3.43. The van der Waals surface area contributed by atoms with Crippen LogP contribution in [0.4, 0.5) is 14.5 Å². The number of fused-ring (bicyclic) bond motifs is 3. The van der Waals surface area contributed by atoms with Crippen molar-refractivity contribution in [2.75, 3.05) is 18.0 Å². The molecule has 86 valence electrons. The van der Waals surface area contributed by atoms with E-state index in [9.17, 15) is 8.78 Å². The summed E-state index contributed by atoms with van der Waals surface area (Å²) in [5, 5.41) is 3.32. The van der Waals surface area contributed by atoms with Gasteiger partial charge in [-0.2, -0.15) is 0 Å². The number of anilines is 1. The first-order valence-electron chi connectivity index (χ1n) is 5.64. The van der Waals surface area contributed by atoms with Gasteiger partial charge in [0.05, 0.1) is 5.69 Å². The van der Waals surface area contributed by atoms with Crippen molar-refractivity contribution in [2.24, 2.45) is 0 Å². The molecule has 2 aliphatic heterocycles. The Morgan fingerprint density at radius 1 is 1.31 bits per heavy atom. The standard InChI is InChI=1S/C12H14F2N2/c1-7-5-15-6-9-4-8-2-3-10(13)11(14)12(8)16(7)9/h2-3,7,9,15H,4-6H2,1H3. The summed E-state index contributed by atoms with van der Waals surface area (Å²) >= 11 is 0. The number of hydrogen-bond acceptors (Lipinski definition) is 2. The molecule has 2 nitrogen and oxygen atoms in total. The van der Waals surface area contributed by atoms with Crippen molar-refractivity contribution < 1.29 is 8.78 Å². The summed E-state index contributed by atoms with van der Waals surface area (Å²) in [5.74, 6) is -1.43. The summed E-state index contributed by atoms with van der Waals surface area (Å²) in [4.78, 5) is 2.03. The molecule has 1 aromatic carbocycles. The minimum atomic E-state index is -0.745. The van der Waals surface area contributed by atoms with Gasteiger partial charge in [-0.15, -0.1) is 0 Å². The molecule has 2 aliphatic rings. The first-order chi connectivity index (χ1) is 7.68. The Morgan fingerprint density at radius 2 is 2.12 bits per heavy atom. The molecule has 4 heteroatoms. The molecule has 0 amide bonds. The lowest BCUT2D eigenvalue weighted by Gasteiger charge is -2.38. The number of piperazine rings is 1. The van der Waals surface area contributed by atoms with Crippen molar-refractivity contribution in [1.82, 2.24) is 5.32 Å². The molecule has 0 saturated carbocycles. The third kappa shape index (κ3) is 1.26. The zero-order valence-electron chi connectivity index (χ0n) is 9.13. The average molecular weight is 224 g/mol. The average Bonchev–Trinajstić information content (AvgIpc) is 2.64. The van der Waals surface area contributed by atoms with Gasteiger partial charge < -0.3 is 10.2 Å². The highest BCUT2D eigenvalue weighted by molar-refractivity contribution is 5.62. The molecule has 0 spiro atoms. The number of rotatable bonds is 0. The first kappa shape index (κ1) is 10.0. The monoisotopic (exact) mass is 224 g/mol. The van der Waals surface area contributed by atoms with E-state index >= 15 is 0 Å². The van der Waals surface area contributed by atoms with E-state index in [-0.39, 0.29) is 12.1 Å². The third-order valence-electron chi connectivity index (χ3n) is 3.55. The second-order valence-electron chi connectivity index (χ2n) is 4.64. The van der Waals surface area contributed by atoms with Crippen LogP contribution in [0.3, 0.4) is 0 Å². The molecule has 1 aromatic rings. The molecular formula is C12H14F2N2. The highest BCUT2D eigenvalue weighted by Gasteiger charge is 2.37. The summed E-state index contributed by atoms with van der Waals surface area (Å²) in [7, 11) is 0. The molecule has 0 aromatic heterocycles. The largest absolute Gasteiger partial charge is 0.360 e. The molecule has 1 fully saturated rings. The Kier molecular flexibility index (Phi) is 2.14. The lowest BCUT2D eigenvalue weighted by Crippen LogP contribution is -2.55. The first-order valence-corrected chi connectivity index (χ1v) is 5.64. The van der Waals surface area contributed by atoms with Gasteiger partial charge in [-0.3, -0.25) is 0 Å². The zero-order valence-corrected chi connectivity index (χ0v) is 9.13. The molecule has 1 N–H and O–H groups in total. The Labute approximate surface area is 93.3 Å². The summed E-state index contributed by atoms with van der Waals surface area (Å²) in [6.45, 7) is 3.71. The van der Waals surface area contributed by atoms with E-state index in [0.717, 1.165) is 25.1 Å². The molecular weight excluding hydrogens is 210 g/mol. The van der Waals surface area contributed by atoms with E-state index in [4.69, 9.17) is 0 Å². The molecule has 0 radical (unpaired) electrons. The Morgan fingerprint density at radius 3 is 2.94 bits per heavy atom. The van der Waals surface area contributed by atoms with Crippen LogP contribution >= 0.6 is 0 Å². The van der Waals surface area contributed by atoms with Gasteiger partial charge in [0.25, 0.3) is 0 Å². The van der Waals surface area contributed by atoms with Crippen LogP contribution in [0.15, 0.2) is 12.1 Å². The molecule has 0 aliphatic carbocycles. The second-order valence-corrected chi connectivity index (χ2v) is 4.64.